The molecule has 7 heteroatoms. The average Bonchev–Trinajstić information content (AvgIpc) is 2.37. The molecule has 0 aliphatic carbocycles. The van der Waals surface area contributed by atoms with Gasteiger partial charge in [0.1, 0.15) is 0 Å². The summed E-state index contributed by atoms with van der Waals surface area (Å²) < 4.78 is 27.0. The SMILES string of the molecule is CSCC(C)N(C)S(=O)(=O)c1ccc(CN)cc1Br. The van der Waals surface area contributed by atoms with Crippen molar-refractivity contribution >= 4 is 37.7 Å². The summed E-state index contributed by atoms with van der Waals surface area (Å²) in [5, 5.41) is 0. The lowest BCUT2D eigenvalue weighted by molar-refractivity contribution is 0.415. The van der Waals surface area contributed by atoms with Crippen LogP contribution in [0.5, 0.6) is 0 Å². The second kappa shape index (κ2) is 7.08. The van der Waals surface area contributed by atoms with Gasteiger partial charge in [-0.05, 0) is 46.8 Å². The van der Waals surface area contributed by atoms with Crippen molar-refractivity contribution < 1.29 is 8.42 Å². The molecular formula is C12H19BrN2O2S2. The Morgan fingerprint density at radius 1 is 1.47 bits per heavy atom. The van der Waals surface area contributed by atoms with Crippen LogP contribution in [0.3, 0.4) is 0 Å². The van der Waals surface area contributed by atoms with E-state index in [0.29, 0.717) is 11.0 Å². The second-order valence-electron chi connectivity index (χ2n) is 4.29. The lowest BCUT2D eigenvalue weighted by Crippen LogP contribution is -2.36. The smallest absolute Gasteiger partial charge is 0.244 e. The van der Waals surface area contributed by atoms with Crippen molar-refractivity contribution in [2.45, 2.75) is 24.4 Å². The van der Waals surface area contributed by atoms with Crippen LogP contribution in [0.2, 0.25) is 0 Å². The monoisotopic (exact) mass is 366 g/mol. The van der Waals surface area contributed by atoms with Gasteiger partial charge in [0, 0.05) is 29.9 Å². The van der Waals surface area contributed by atoms with E-state index in [1.54, 1.807) is 37.0 Å². The number of sulfonamides is 1. The molecule has 0 radical (unpaired) electrons. The summed E-state index contributed by atoms with van der Waals surface area (Å²) in [5.41, 5.74) is 6.44. The molecule has 4 nitrogen and oxygen atoms in total. The van der Waals surface area contributed by atoms with Gasteiger partial charge >= 0.3 is 0 Å². The van der Waals surface area contributed by atoms with Crippen molar-refractivity contribution in [3.63, 3.8) is 0 Å². The van der Waals surface area contributed by atoms with Gasteiger partial charge in [-0.2, -0.15) is 16.1 Å². The highest BCUT2D eigenvalue weighted by atomic mass is 79.9. The molecule has 0 saturated carbocycles. The zero-order valence-corrected chi connectivity index (χ0v) is 14.5. The Morgan fingerprint density at radius 3 is 2.58 bits per heavy atom. The number of thioether (sulfide) groups is 1. The number of halogens is 1. The maximum atomic E-state index is 12.5. The number of benzene rings is 1. The van der Waals surface area contributed by atoms with Crippen molar-refractivity contribution in [2.75, 3.05) is 19.1 Å². The number of nitrogens with zero attached hydrogens (tertiary/aromatic N) is 1. The molecule has 0 amide bonds. The van der Waals surface area contributed by atoms with Gasteiger partial charge in [0.15, 0.2) is 0 Å². The summed E-state index contributed by atoms with van der Waals surface area (Å²) in [6.45, 7) is 2.29. The van der Waals surface area contributed by atoms with Crippen LogP contribution in [0.15, 0.2) is 27.6 Å². The minimum Gasteiger partial charge on any atom is -0.326 e. The zero-order valence-electron chi connectivity index (χ0n) is 11.3. The number of nitrogens with two attached hydrogens (primary N) is 1. The molecule has 108 valence electrons. The number of hydrogen-bond donors (Lipinski definition) is 1. The van der Waals surface area contributed by atoms with E-state index in [4.69, 9.17) is 5.73 Å². The van der Waals surface area contributed by atoms with Crippen LogP contribution in [-0.2, 0) is 16.6 Å². The Bertz CT molecular complexity index is 535. The predicted molar refractivity (Wildman–Crippen MR) is 84.8 cm³/mol. The summed E-state index contributed by atoms with van der Waals surface area (Å²) in [6, 6.07) is 5.04. The minimum atomic E-state index is -3.48. The molecule has 0 aliphatic rings. The van der Waals surface area contributed by atoms with Crippen molar-refractivity contribution in [2.24, 2.45) is 5.73 Å². The third-order valence-electron chi connectivity index (χ3n) is 2.92. The first-order valence-electron chi connectivity index (χ1n) is 5.80. The molecule has 0 aromatic heterocycles. The van der Waals surface area contributed by atoms with Gasteiger partial charge in [0.05, 0.1) is 4.90 Å². The first kappa shape index (κ1) is 17.0. The van der Waals surface area contributed by atoms with Gasteiger partial charge in [-0.1, -0.05) is 6.07 Å². The van der Waals surface area contributed by atoms with E-state index in [1.807, 2.05) is 13.2 Å². The quantitative estimate of drug-likeness (QED) is 0.838. The van der Waals surface area contributed by atoms with Crippen molar-refractivity contribution in [1.29, 1.82) is 0 Å². The predicted octanol–water partition coefficient (Wildman–Crippen LogP) is 2.28. The summed E-state index contributed by atoms with van der Waals surface area (Å²) in [7, 11) is -1.87. The highest BCUT2D eigenvalue weighted by Gasteiger charge is 2.26. The Morgan fingerprint density at radius 2 is 2.11 bits per heavy atom. The fourth-order valence-corrected chi connectivity index (χ4v) is 4.86. The van der Waals surface area contributed by atoms with E-state index in [9.17, 15) is 8.42 Å². The third-order valence-corrected chi connectivity index (χ3v) is 6.68. The summed E-state index contributed by atoms with van der Waals surface area (Å²) in [6.07, 6.45) is 1.96. The van der Waals surface area contributed by atoms with E-state index in [-0.39, 0.29) is 10.9 Å². The highest BCUT2D eigenvalue weighted by molar-refractivity contribution is 9.10. The Labute approximate surface area is 127 Å². The molecule has 0 saturated heterocycles. The molecule has 1 aromatic rings. The largest absolute Gasteiger partial charge is 0.326 e. The van der Waals surface area contributed by atoms with Crippen molar-refractivity contribution in [1.82, 2.24) is 4.31 Å². The normalized spacial score (nSPS) is 13.8. The molecule has 0 heterocycles. The molecule has 0 aliphatic heterocycles. The molecule has 0 fully saturated rings. The summed E-state index contributed by atoms with van der Waals surface area (Å²) in [5.74, 6) is 0.758. The van der Waals surface area contributed by atoms with Crippen LogP contribution in [0.25, 0.3) is 0 Å². The molecule has 1 unspecified atom stereocenters. The molecule has 1 atom stereocenters. The van der Waals surface area contributed by atoms with Gasteiger partial charge in [0.25, 0.3) is 0 Å². The van der Waals surface area contributed by atoms with Gasteiger partial charge < -0.3 is 5.73 Å². The standard InChI is InChI=1S/C12H19BrN2O2S2/c1-9(8-18-3)15(2)19(16,17)12-5-4-10(7-14)6-11(12)13/h4-6,9H,7-8,14H2,1-3H3. The fourth-order valence-electron chi connectivity index (χ4n) is 1.62. The molecule has 1 rings (SSSR count). The van der Waals surface area contributed by atoms with Crippen LogP contribution >= 0.6 is 27.7 Å². The molecule has 0 spiro atoms. The van der Waals surface area contributed by atoms with Gasteiger partial charge in [0.2, 0.25) is 10.0 Å². The highest BCUT2D eigenvalue weighted by Crippen LogP contribution is 2.27. The van der Waals surface area contributed by atoms with Crippen LogP contribution in [0, 0.1) is 0 Å². The van der Waals surface area contributed by atoms with Crippen molar-refractivity contribution in [3.05, 3.63) is 28.2 Å². The van der Waals surface area contributed by atoms with Crippen LogP contribution < -0.4 is 5.73 Å². The zero-order chi connectivity index (χ0) is 14.6. The molecule has 2 N–H and O–H groups in total. The third kappa shape index (κ3) is 3.95. The van der Waals surface area contributed by atoms with Crippen LogP contribution in [0.4, 0.5) is 0 Å². The fraction of sp³-hybridized carbons (Fsp3) is 0.500. The first-order chi connectivity index (χ1) is 8.84. The number of hydrogen-bond acceptors (Lipinski definition) is 4. The van der Waals surface area contributed by atoms with Gasteiger partial charge in [-0.3, -0.25) is 0 Å². The van der Waals surface area contributed by atoms with E-state index in [0.717, 1.165) is 11.3 Å². The van der Waals surface area contributed by atoms with Gasteiger partial charge in [-0.25, -0.2) is 8.42 Å². The maximum Gasteiger partial charge on any atom is 0.244 e. The Hall–Kier alpha value is -0.0800. The molecule has 1 aromatic carbocycles. The Kier molecular flexibility index (Phi) is 6.32. The van der Waals surface area contributed by atoms with E-state index < -0.39 is 10.0 Å². The van der Waals surface area contributed by atoms with Crippen LogP contribution in [0.1, 0.15) is 12.5 Å². The van der Waals surface area contributed by atoms with E-state index in [2.05, 4.69) is 15.9 Å². The average molecular weight is 367 g/mol. The molecular weight excluding hydrogens is 348 g/mol. The summed E-state index contributed by atoms with van der Waals surface area (Å²) in [4.78, 5) is 0.278. The first-order valence-corrected chi connectivity index (χ1v) is 9.42. The topological polar surface area (TPSA) is 63.4 Å². The lowest BCUT2D eigenvalue weighted by Gasteiger charge is -2.24. The maximum absolute atomic E-state index is 12.5. The second-order valence-corrected chi connectivity index (χ2v) is 8.03. The molecule has 0 bridgehead atoms. The lowest BCUT2D eigenvalue weighted by atomic mass is 10.2. The van der Waals surface area contributed by atoms with Crippen LogP contribution in [-0.4, -0.2) is 37.8 Å². The molecule has 19 heavy (non-hydrogen) atoms. The summed E-state index contributed by atoms with van der Waals surface area (Å²) >= 11 is 4.94. The number of rotatable bonds is 6. The van der Waals surface area contributed by atoms with E-state index >= 15 is 0 Å². The van der Waals surface area contributed by atoms with Gasteiger partial charge in [-0.15, -0.1) is 0 Å². The minimum absolute atomic E-state index is 0.0546. The van der Waals surface area contributed by atoms with E-state index in [1.165, 1.54) is 4.31 Å². The van der Waals surface area contributed by atoms with Crippen molar-refractivity contribution in [3.8, 4) is 0 Å². The Balaban J connectivity index is 3.13.